The molecular formula is C7H13NO. The molecule has 0 saturated carbocycles. The average Bonchev–Trinajstić information content (AvgIpc) is 2.09. The number of likely N-dealkylation sites (N-methyl/N-ethyl adjacent to an activating group) is 1. The lowest BCUT2D eigenvalue weighted by Gasteiger charge is -2.38. The Bertz CT molecular complexity index is 120. The summed E-state index contributed by atoms with van der Waals surface area (Å²) >= 11 is 0. The molecule has 2 fully saturated rings. The van der Waals surface area contributed by atoms with Gasteiger partial charge in [0.2, 0.25) is 0 Å². The van der Waals surface area contributed by atoms with Gasteiger partial charge in [-0.05, 0) is 13.5 Å². The van der Waals surface area contributed by atoms with Crippen LogP contribution < -0.4 is 0 Å². The van der Waals surface area contributed by atoms with Crippen molar-refractivity contribution in [3.63, 3.8) is 0 Å². The smallest absolute Gasteiger partial charge is 0.0842 e. The Morgan fingerprint density at radius 2 is 2.22 bits per heavy atom. The van der Waals surface area contributed by atoms with Crippen molar-refractivity contribution in [2.45, 2.75) is 18.4 Å². The van der Waals surface area contributed by atoms with Gasteiger partial charge >= 0.3 is 0 Å². The van der Waals surface area contributed by atoms with Crippen LogP contribution in [0.4, 0.5) is 0 Å². The summed E-state index contributed by atoms with van der Waals surface area (Å²) in [6.07, 6.45) is 2.54. The predicted molar refractivity (Wildman–Crippen MR) is 35.4 cm³/mol. The first-order valence-corrected chi connectivity index (χ1v) is 3.63. The molecule has 2 saturated heterocycles. The second kappa shape index (κ2) is 1.70. The van der Waals surface area contributed by atoms with Crippen LogP contribution in [0.1, 0.15) is 12.8 Å². The van der Waals surface area contributed by atoms with Crippen LogP contribution in [0.25, 0.3) is 0 Å². The molecule has 2 aliphatic rings. The number of hydrogen-bond acceptors (Lipinski definition) is 2. The molecule has 0 aromatic rings. The molecule has 0 bridgehead atoms. The summed E-state index contributed by atoms with van der Waals surface area (Å²) in [5.41, 5.74) is 0.314. The molecule has 0 aromatic heterocycles. The highest BCUT2D eigenvalue weighted by Crippen LogP contribution is 2.34. The molecule has 0 radical (unpaired) electrons. The van der Waals surface area contributed by atoms with E-state index >= 15 is 0 Å². The van der Waals surface area contributed by atoms with Crippen LogP contribution in [0.15, 0.2) is 0 Å². The summed E-state index contributed by atoms with van der Waals surface area (Å²) in [5.74, 6) is 0. The minimum absolute atomic E-state index is 0.314. The summed E-state index contributed by atoms with van der Waals surface area (Å²) in [6.45, 7) is 3.38. The fraction of sp³-hybridized carbons (Fsp3) is 1.00. The van der Waals surface area contributed by atoms with Crippen molar-refractivity contribution in [3.8, 4) is 0 Å². The third kappa shape index (κ3) is 0.775. The molecule has 2 heteroatoms. The van der Waals surface area contributed by atoms with E-state index in [1.807, 2.05) is 0 Å². The van der Waals surface area contributed by atoms with Gasteiger partial charge in [-0.1, -0.05) is 0 Å². The van der Waals surface area contributed by atoms with Gasteiger partial charge < -0.3 is 9.64 Å². The highest BCUT2D eigenvalue weighted by atomic mass is 16.5. The SMILES string of the molecule is CN1CC[C@]2(CCO2)C1. The second-order valence-corrected chi connectivity index (χ2v) is 3.27. The number of hydrogen-bond donors (Lipinski definition) is 0. The highest BCUT2D eigenvalue weighted by Gasteiger charge is 2.42. The Kier molecular flexibility index (Phi) is 1.08. The molecule has 0 aliphatic carbocycles. The van der Waals surface area contributed by atoms with Gasteiger partial charge in [0.1, 0.15) is 0 Å². The van der Waals surface area contributed by atoms with Gasteiger partial charge in [-0.3, -0.25) is 0 Å². The minimum atomic E-state index is 0.314. The maximum atomic E-state index is 5.51. The quantitative estimate of drug-likeness (QED) is 0.469. The van der Waals surface area contributed by atoms with Crippen LogP contribution >= 0.6 is 0 Å². The molecule has 0 N–H and O–H groups in total. The lowest BCUT2D eigenvalue weighted by atomic mass is 9.94. The molecule has 9 heavy (non-hydrogen) atoms. The van der Waals surface area contributed by atoms with E-state index in [1.165, 1.54) is 19.4 Å². The zero-order valence-electron chi connectivity index (χ0n) is 5.89. The first-order valence-electron chi connectivity index (χ1n) is 3.63. The molecule has 2 rings (SSSR count). The molecule has 2 heterocycles. The molecule has 52 valence electrons. The fourth-order valence-electron chi connectivity index (χ4n) is 1.76. The molecule has 0 aromatic carbocycles. The summed E-state index contributed by atoms with van der Waals surface area (Å²) < 4.78 is 5.51. The zero-order chi connectivity index (χ0) is 6.32. The Hall–Kier alpha value is -0.0800. The Morgan fingerprint density at radius 1 is 1.44 bits per heavy atom. The number of rotatable bonds is 0. The lowest BCUT2D eigenvalue weighted by molar-refractivity contribution is -0.136. The summed E-state index contributed by atoms with van der Waals surface area (Å²) in [5, 5.41) is 0. The van der Waals surface area contributed by atoms with Crippen LogP contribution in [0.5, 0.6) is 0 Å². The van der Waals surface area contributed by atoms with Crippen molar-refractivity contribution in [1.82, 2.24) is 4.90 Å². The van der Waals surface area contributed by atoms with Crippen molar-refractivity contribution in [3.05, 3.63) is 0 Å². The van der Waals surface area contributed by atoms with E-state index in [2.05, 4.69) is 11.9 Å². The largest absolute Gasteiger partial charge is 0.373 e. The molecule has 0 amide bonds. The first kappa shape index (κ1) is 5.69. The molecule has 0 unspecified atom stereocenters. The van der Waals surface area contributed by atoms with Crippen LogP contribution in [-0.2, 0) is 4.74 Å². The molecule has 2 nitrogen and oxygen atoms in total. The molecule has 1 atom stereocenters. The van der Waals surface area contributed by atoms with Crippen LogP contribution in [-0.4, -0.2) is 37.2 Å². The Morgan fingerprint density at radius 3 is 2.44 bits per heavy atom. The topological polar surface area (TPSA) is 12.5 Å². The van der Waals surface area contributed by atoms with Crippen molar-refractivity contribution in [1.29, 1.82) is 0 Å². The van der Waals surface area contributed by atoms with E-state index in [0.29, 0.717) is 5.60 Å². The number of ether oxygens (including phenoxy) is 1. The second-order valence-electron chi connectivity index (χ2n) is 3.27. The normalized spacial score (nSPS) is 43.7. The third-order valence-corrected chi connectivity index (χ3v) is 2.47. The van der Waals surface area contributed by atoms with Gasteiger partial charge in [-0.15, -0.1) is 0 Å². The minimum Gasteiger partial charge on any atom is -0.373 e. The molecular weight excluding hydrogens is 114 g/mol. The summed E-state index contributed by atoms with van der Waals surface area (Å²) in [6, 6.07) is 0. The van der Waals surface area contributed by atoms with Gasteiger partial charge in [0.05, 0.1) is 12.2 Å². The highest BCUT2D eigenvalue weighted by molar-refractivity contribution is 4.95. The van der Waals surface area contributed by atoms with Crippen LogP contribution in [0.3, 0.4) is 0 Å². The molecule has 1 spiro atoms. The van der Waals surface area contributed by atoms with Crippen molar-refractivity contribution in [2.75, 3.05) is 26.7 Å². The number of nitrogens with zero attached hydrogens (tertiary/aromatic N) is 1. The van der Waals surface area contributed by atoms with Crippen molar-refractivity contribution < 1.29 is 4.74 Å². The fourth-order valence-corrected chi connectivity index (χ4v) is 1.76. The van der Waals surface area contributed by atoms with Crippen molar-refractivity contribution in [2.24, 2.45) is 0 Å². The monoisotopic (exact) mass is 127 g/mol. The Balaban J connectivity index is 1.99. The maximum absolute atomic E-state index is 5.51. The van der Waals surface area contributed by atoms with E-state index in [4.69, 9.17) is 4.74 Å². The van der Waals surface area contributed by atoms with E-state index in [1.54, 1.807) is 0 Å². The standard InChI is InChI=1S/C7H13NO/c1-8-4-2-7(6-8)3-5-9-7/h2-6H2,1H3/t7-/m0/s1. The third-order valence-electron chi connectivity index (χ3n) is 2.47. The number of likely N-dealkylation sites (tertiary alicyclic amines) is 1. The molecule has 2 aliphatic heterocycles. The van der Waals surface area contributed by atoms with E-state index < -0.39 is 0 Å². The van der Waals surface area contributed by atoms with Crippen molar-refractivity contribution >= 4 is 0 Å². The van der Waals surface area contributed by atoms with Gasteiger partial charge in [0.25, 0.3) is 0 Å². The van der Waals surface area contributed by atoms with E-state index in [9.17, 15) is 0 Å². The zero-order valence-corrected chi connectivity index (χ0v) is 5.89. The van der Waals surface area contributed by atoms with Gasteiger partial charge in [-0.2, -0.15) is 0 Å². The average molecular weight is 127 g/mol. The van der Waals surface area contributed by atoms with Crippen LogP contribution in [0, 0.1) is 0 Å². The lowest BCUT2D eigenvalue weighted by Crippen LogP contribution is -2.45. The Labute approximate surface area is 55.8 Å². The van der Waals surface area contributed by atoms with E-state index in [-0.39, 0.29) is 0 Å². The summed E-state index contributed by atoms with van der Waals surface area (Å²) in [4.78, 5) is 2.35. The van der Waals surface area contributed by atoms with E-state index in [0.717, 1.165) is 13.2 Å². The predicted octanol–water partition coefficient (Wildman–Crippen LogP) is 0.481. The first-order chi connectivity index (χ1) is 4.31. The van der Waals surface area contributed by atoms with Gasteiger partial charge in [0, 0.05) is 19.5 Å². The summed E-state index contributed by atoms with van der Waals surface area (Å²) in [7, 11) is 2.16. The van der Waals surface area contributed by atoms with Gasteiger partial charge in [0.15, 0.2) is 0 Å². The van der Waals surface area contributed by atoms with Gasteiger partial charge in [-0.25, -0.2) is 0 Å². The van der Waals surface area contributed by atoms with Crippen LogP contribution in [0.2, 0.25) is 0 Å². The maximum Gasteiger partial charge on any atom is 0.0842 e.